The third-order valence-corrected chi connectivity index (χ3v) is 3.00. The van der Waals surface area contributed by atoms with E-state index in [1.807, 2.05) is 51.1 Å². The van der Waals surface area contributed by atoms with Gasteiger partial charge in [0.2, 0.25) is 0 Å². The molecule has 0 bridgehead atoms. The van der Waals surface area contributed by atoms with Gasteiger partial charge in [0.05, 0.1) is 11.5 Å². The second-order valence-corrected chi connectivity index (χ2v) is 5.55. The van der Waals surface area contributed by atoms with Crippen LogP contribution in [-0.2, 0) is 9.39 Å². The van der Waals surface area contributed by atoms with Gasteiger partial charge in [-0.3, -0.25) is 0 Å². The largest absolute Gasteiger partial charge is 0.491 e. The molecular weight excluding hydrogens is 241 g/mol. The van der Waals surface area contributed by atoms with Crippen LogP contribution in [0, 0.1) is 5.92 Å². The summed E-state index contributed by atoms with van der Waals surface area (Å²) in [5.74, 6) is 0.755. The number of ether oxygens (including phenoxy) is 1. The Morgan fingerprint density at radius 2 is 2.11 bits per heavy atom. The molecule has 0 amide bonds. The van der Waals surface area contributed by atoms with Gasteiger partial charge in [0.1, 0.15) is 6.61 Å². The van der Waals surface area contributed by atoms with Crippen molar-refractivity contribution in [3.8, 4) is 0 Å². The second kappa shape index (κ2) is 5.76. The Kier molecular flexibility index (Phi) is 4.27. The molecule has 4 nitrogen and oxygen atoms in total. The highest BCUT2D eigenvalue weighted by molar-refractivity contribution is 6.59. The minimum atomic E-state index is -0.904. The molecule has 1 atom stereocenters. The predicted molar refractivity (Wildman–Crippen MR) is 76.6 cm³/mol. The van der Waals surface area contributed by atoms with Crippen LogP contribution < -0.4 is 5.46 Å². The lowest BCUT2D eigenvalue weighted by Crippen LogP contribution is -2.35. The van der Waals surface area contributed by atoms with Crippen molar-refractivity contribution in [2.75, 3.05) is 13.2 Å². The Balaban J connectivity index is 1.86. The van der Waals surface area contributed by atoms with Gasteiger partial charge in [0, 0.05) is 6.61 Å². The Bertz CT molecular complexity index is 447. The lowest BCUT2D eigenvalue weighted by molar-refractivity contribution is 0.223. The van der Waals surface area contributed by atoms with Crippen molar-refractivity contribution in [2.24, 2.45) is 10.9 Å². The summed E-state index contributed by atoms with van der Waals surface area (Å²) in [7, 11) is -0.904. The van der Waals surface area contributed by atoms with Crippen LogP contribution in [0.2, 0.25) is 0 Å². The molecule has 1 aliphatic heterocycles. The molecule has 0 fully saturated rings. The minimum absolute atomic E-state index is 0.0418. The first-order valence-electron chi connectivity index (χ1n) is 6.55. The van der Waals surface area contributed by atoms with E-state index >= 15 is 0 Å². The molecule has 1 N–H and O–H groups in total. The van der Waals surface area contributed by atoms with Crippen LogP contribution in [0.5, 0.6) is 0 Å². The van der Waals surface area contributed by atoms with E-state index in [1.54, 1.807) is 0 Å². The van der Waals surface area contributed by atoms with Gasteiger partial charge in [-0.05, 0) is 19.3 Å². The summed E-state index contributed by atoms with van der Waals surface area (Å²) < 4.78 is 11.0. The monoisotopic (exact) mass is 261 g/mol. The van der Waals surface area contributed by atoms with Crippen LogP contribution in [-0.4, -0.2) is 36.8 Å². The van der Waals surface area contributed by atoms with Crippen molar-refractivity contribution in [3.05, 3.63) is 30.3 Å². The molecule has 102 valence electrons. The predicted octanol–water partition coefficient (Wildman–Crippen LogP) is 1.23. The standard InChI is InChI=1S/C14H20BNO3/c1-11(13-16-14(2,3)10-18-13)9-19-15(17)12-7-5-4-6-8-12/h4-8,11,17H,9-10H2,1-3H3. The fourth-order valence-electron chi connectivity index (χ4n) is 1.89. The fourth-order valence-corrected chi connectivity index (χ4v) is 1.89. The summed E-state index contributed by atoms with van der Waals surface area (Å²) in [5.41, 5.74) is 0.603. The van der Waals surface area contributed by atoms with Crippen molar-refractivity contribution in [1.29, 1.82) is 0 Å². The quantitative estimate of drug-likeness (QED) is 0.811. The van der Waals surface area contributed by atoms with Crippen LogP contribution in [0.3, 0.4) is 0 Å². The SMILES string of the molecule is CC(COB(O)c1ccccc1)C1=NC(C)(C)CO1. The van der Waals surface area contributed by atoms with E-state index in [-0.39, 0.29) is 11.5 Å². The Morgan fingerprint density at radius 3 is 2.68 bits per heavy atom. The Hall–Kier alpha value is -1.33. The summed E-state index contributed by atoms with van der Waals surface area (Å²) in [4.78, 5) is 4.50. The maximum atomic E-state index is 9.91. The van der Waals surface area contributed by atoms with Crippen LogP contribution >= 0.6 is 0 Å². The molecule has 0 aliphatic carbocycles. The average molecular weight is 261 g/mol. The molecule has 5 heteroatoms. The highest BCUT2D eigenvalue weighted by atomic mass is 16.5. The van der Waals surface area contributed by atoms with Crippen molar-refractivity contribution in [1.82, 2.24) is 0 Å². The maximum Gasteiger partial charge on any atom is 0.491 e. The lowest BCUT2D eigenvalue weighted by Gasteiger charge is -2.13. The van der Waals surface area contributed by atoms with E-state index in [4.69, 9.17) is 9.39 Å². The molecule has 1 aromatic carbocycles. The van der Waals surface area contributed by atoms with Gasteiger partial charge in [0.25, 0.3) is 0 Å². The van der Waals surface area contributed by atoms with E-state index in [1.165, 1.54) is 0 Å². The molecule has 1 heterocycles. The van der Waals surface area contributed by atoms with Crippen LogP contribution in [0.15, 0.2) is 35.3 Å². The summed E-state index contributed by atoms with van der Waals surface area (Å²) in [5, 5.41) is 9.91. The number of nitrogens with zero attached hydrogens (tertiary/aromatic N) is 1. The Morgan fingerprint density at radius 1 is 1.42 bits per heavy atom. The van der Waals surface area contributed by atoms with E-state index in [0.717, 1.165) is 5.46 Å². The highest BCUT2D eigenvalue weighted by Crippen LogP contribution is 2.20. The van der Waals surface area contributed by atoms with E-state index in [2.05, 4.69) is 4.99 Å². The van der Waals surface area contributed by atoms with Crippen molar-refractivity contribution in [3.63, 3.8) is 0 Å². The van der Waals surface area contributed by atoms with Gasteiger partial charge >= 0.3 is 7.12 Å². The molecule has 1 aliphatic rings. The molecule has 0 saturated heterocycles. The first-order valence-corrected chi connectivity index (χ1v) is 6.55. The zero-order valence-corrected chi connectivity index (χ0v) is 11.7. The van der Waals surface area contributed by atoms with Gasteiger partial charge in [-0.25, -0.2) is 4.99 Å². The molecule has 2 rings (SSSR count). The molecule has 19 heavy (non-hydrogen) atoms. The average Bonchev–Trinajstić information content (AvgIpc) is 2.77. The second-order valence-electron chi connectivity index (χ2n) is 5.55. The van der Waals surface area contributed by atoms with Gasteiger partial charge in [-0.1, -0.05) is 37.3 Å². The van der Waals surface area contributed by atoms with Gasteiger partial charge in [-0.2, -0.15) is 0 Å². The third-order valence-electron chi connectivity index (χ3n) is 3.00. The fraction of sp³-hybridized carbons (Fsp3) is 0.500. The third kappa shape index (κ3) is 3.82. The van der Waals surface area contributed by atoms with Crippen LogP contribution in [0.4, 0.5) is 0 Å². The molecule has 0 radical (unpaired) electrons. The van der Waals surface area contributed by atoms with E-state index in [0.29, 0.717) is 19.1 Å². The summed E-state index contributed by atoms with van der Waals surface area (Å²) >= 11 is 0. The van der Waals surface area contributed by atoms with Gasteiger partial charge < -0.3 is 14.4 Å². The summed E-state index contributed by atoms with van der Waals surface area (Å²) in [6, 6.07) is 9.32. The van der Waals surface area contributed by atoms with Gasteiger partial charge in [0.15, 0.2) is 5.90 Å². The first kappa shape index (κ1) is 14.1. The molecular formula is C14H20BNO3. The number of hydrogen-bond donors (Lipinski definition) is 1. The highest BCUT2D eigenvalue weighted by Gasteiger charge is 2.29. The normalized spacial score (nSPS) is 18.6. The summed E-state index contributed by atoms with van der Waals surface area (Å²) in [6.45, 7) is 7.04. The zero-order chi connectivity index (χ0) is 13.9. The molecule has 0 aromatic heterocycles. The number of rotatable bonds is 5. The molecule has 0 saturated carbocycles. The maximum absolute atomic E-state index is 9.91. The van der Waals surface area contributed by atoms with Crippen LogP contribution in [0.25, 0.3) is 0 Å². The van der Waals surface area contributed by atoms with Crippen molar-refractivity contribution in [2.45, 2.75) is 26.3 Å². The van der Waals surface area contributed by atoms with E-state index in [9.17, 15) is 5.02 Å². The number of aliphatic imine (C=N–C) groups is 1. The van der Waals surface area contributed by atoms with Crippen molar-refractivity contribution >= 4 is 18.5 Å². The zero-order valence-electron chi connectivity index (χ0n) is 11.7. The molecule has 0 spiro atoms. The topological polar surface area (TPSA) is 51.0 Å². The number of hydrogen-bond acceptors (Lipinski definition) is 4. The first-order chi connectivity index (χ1) is 8.98. The minimum Gasteiger partial charge on any atom is -0.478 e. The Labute approximate surface area is 114 Å². The molecule has 1 unspecified atom stereocenters. The lowest BCUT2D eigenvalue weighted by atomic mass is 9.79. The molecule has 1 aromatic rings. The summed E-state index contributed by atoms with van der Waals surface area (Å²) in [6.07, 6.45) is 0. The van der Waals surface area contributed by atoms with Crippen LogP contribution in [0.1, 0.15) is 20.8 Å². The van der Waals surface area contributed by atoms with E-state index < -0.39 is 7.12 Å². The number of benzene rings is 1. The van der Waals surface area contributed by atoms with Gasteiger partial charge in [-0.15, -0.1) is 0 Å². The smallest absolute Gasteiger partial charge is 0.478 e. The van der Waals surface area contributed by atoms with Crippen molar-refractivity contribution < 1.29 is 14.4 Å².